The van der Waals surface area contributed by atoms with Gasteiger partial charge in [0, 0.05) is 12.5 Å². The maximum atomic E-state index is 12.2. The molecular weight excluding hydrogens is 332 g/mol. The predicted octanol–water partition coefficient (Wildman–Crippen LogP) is 3.06. The van der Waals surface area contributed by atoms with Crippen molar-refractivity contribution in [2.24, 2.45) is 0 Å². The fraction of sp³-hybridized carbons (Fsp3) is 0.368. The number of piperidine rings is 1. The summed E-state index contributed by atoms with van der Waals surface area (Å²) in [6, 6.07) is 12.2. The third-order valence-electron chi connectivity index (χ3n) is 4.83. The van der Waals surface area contributed by atoms with Crippen molar-refractivity contribution in [3.05, 3.63) is 74.6 Å². The quantitative estimate of drug-likeness (QED) is 0.766. The summed E-state index contributed by atoms with van der Waals surface area (Å²) in [5.41, 5.74) is 2.37. The third-order valence-corrected chi connectivity index (χ3v) is 5.57. The molecule has 0 amide bonds. The van der Waals surface area contributed by atoms with Crippen molar-refractivity contribution in [2.75, 3.05) is 13.1 Å². The Morgan fingerprint density at radius 3 is 2.60 bits per heavy atom. The van der Waals surface area contributed by atoms with Gasteiger partial charge in [-0.15, -0.1) is 0 Å². The first-order chi connectivity index (χ1) is 12.3. The second kappa shape index (κ2) is 7.37. The molecule has 3 aromatic rings. The minimum Gasteiger partial charge on any atom is -0.299 e. The molecule has 0 spiro atoms. The van der Waals surface area contributed by atoms with Gasteiger partial charge >= 0.3 is 5.69 Å². The Hall–Kier alpha value is -2.18. The van der Waals surface area contributed by atoms with Crippen molar-refractivity contribution in [1.82, 2.24) is 19.7 Å². The molecule has 1 aliphatic heterocycles. The van der Waals surface area contributed by atoms with E-state index in [1.54, 1.807) is 16.0 Å². The minimum atomic E-state index is -0.112. The first-order valence-corrected chi connectivity index (χ1v) is 9.66. The van der Waals surface area contributed by atoms with E-state index in [9.17, 15) is 4.79 Å². The third kappa shape index (κ3) is 3.91. The molecule has 0 radical (unpaired) electrons. The van der Waals surface area contributed by atoms with Gasteiger partial charge < -0.3 is 0 Å². The van der Waals surface area contributed by atoms with Crippen LogP contribution in [0.5, 0.6) is 0 Å². The van der Waals surface area contributed by atoms with Crippen LogP contribution in [0.1, 0.15) is 35.7 Å². The molecule has 1 saturated heterocycles. The van der Waals surface area contributed by atoms with Gasteiger partial charge in [0.15, 0.2) is 0 Å². The number of likely N-dealkylation sites (tertiary alicyclic amines) is 1. The van der Waals surface area contributed by atoms with Crippen LogP contribution in [0.25, 0.3) is 0 Å². The van der Waals surface area contributed by atoms with E-state index in [4.69, 9.17) is 0 Å². The number of nitrogens with one attached hydrogen (secondary N) is 1. The summed E-state index contributed by atoms with van der Waals surface area (Å²) < 4.78 is 1.54. The van der Waals surface area contributed by atoms with Gasteiger partial charge in [0.25, 0.3) is 0 Å². The van der Waals surface area contributed by atoms with Crippen LogP contribution in [-0.4, -0.2) is 32.8 Å². The molecule has 0 unspecified atom stereocenters. The largest absolute Gasteiger partial charge is 0.343 e. The number of thiophene rings is 1. The molecule has 6 heteroatoms. The molecule has 4 rings (SSSR count). The van der Waals surface area contributed by atoms with Crippen LogP contribution in [0.15, 0.2) is 52.0 Å². The Bertz CT molecular complexity index is 845. The Balaban J connectivity index is 1.38. The van der Waals surface area contributed by atoms with E-state index in [1.165, 1.54) is 5.56 Å². The highest BCUT2D eigenvalue weighted by Gasteiger charge is 2.24. The number of benzene rings is 1. The van der Waals surface area contributed by atoms with Crippen LogP contribution in [0.4, 0.5) is 0 Å². The SMILES string of the molecule is O=c1[nH]c(C2CCN(Cc3ccsc3)CC2)nn1Cc1ccccc1. The summed E-state index contributed by atoms with van der Waals surface area (Å²) in [5.74, 6) is 1.19. The maximum absolute atomic E-state index is 12.2. The highest BCUT2D eigenvalue weighted by atomic mass is 32.1. The van der Waals surface area contributed by atoms with Gasteiger partial charge in [0.05, 0.1) is 6.54 Å². The molecule has 2 aromatic heterocycles. The van der Waals surface area contributed by atoms with Crippen molar-refractivity contribution in [3.8, 4) is 0 Å². The van der Waals surface area contributed by atoms with E-state index in [0.29, 0.717) is 12.5 Å². The van der Waals surface area contributed by atoms with Gasteiger partial charge in [-0.05, 0) is 53.9 Å². The van der Waals surface area contributed by atoms with Crippen LogP contribution in [0.3, 0.4) is 0 Å². The summed E-state index contributed by atoms with van der Waals surface area (Å²) in [7, 11) is 0. The van der Waals surface area contributed by atoms with Crippen LogP contribution >= 0.6 is 11.3 Å². The molecule has 0 atom stereocenters. The lowest BCUT2D eigenvalue weighted by Gasteiger charge is -2.30. The summed E-state index contributed by atoms with van der Waals surface area (Å²) in [4.78, 5) is 17.7. The van der Waals surface area contributed by atoms with E-state index < -0.39 is 0 Å². The molecule has 130 valence electrons. The number of nitrogens with zero attached hydrogens (tertiary/aromatic N) is 3. The van der Waals surface area contributed by atoms with E-state index in [0.717, 1.165) is 43.9 Å². The summed E-state index contributed by atoms with van der Waals surface area (Å²) in [6.45, 7) is 3.64. The van der Waals surface area contributed by atoms with E-state index in [2.05, 4.69) is 31.8 Å². The number of aromatic nitrogens is 3. The highest BCUT2D eigenvalue weighted by Crippen LogP contribution is 2.26. The molecule has 1 aliphatic rings. The monoisotopic (exact) mass is 354 g/mol. The Morgan fingerprint density at radius 2 is 1.88 bits per heavy atom. The number of rotatable bonds is 5. The minimum absolute atomic E-state index is 0.112. The molecular formula is C19H22N4OS. The molecule has 25 heavy (non-hydrogen) atoms. The summed E-state index contributed by atoms with van der Waals surface area (Å²) >= 11 is 1.75. The number of H-pyrrole nitrogens is 1. The zero-order chi connectivity index (χ0) is 17.1. The molecule has 0 aliphatic carbocycles. The smallest absolute Gasteiger partial charge is 0.299 e. The van der Waals surface area contributed by atoms with E-state index >= 15 is 0 Å². The second-order valence-corrected chi connectivity index (χ2v) is 7.42. The summed E-state index contributed by atoms with van der Waals surface area (Å²) in [6.07, 6.45) is 2.09. The van der Waals surface area contributed by atoms with Crippen molar-refractivity contribution in [1.29, 1.82) is 0 Å². The van der Waals surface area contributed by atoms with Crippen LogP contribution < -0.4 is 5.69 Å². The van der Waals surface area contributed by atoms with Crippen molar-refractivity contribution in [2.45, 2.75) is 31.8 Å². The maximum Gasteiger partial charge on any atom is 0.343 e. The van der Waals surface area contributed by atoms with Gasteiger partial charge in [0.1, 0.15) is 5.82 Å². The Labute approximate surface area is 150 Å². The lowest BCUT2D eigenvalue weighted by molar-refractivity contribution is 0.202. The Morgan fingerprint density at radius 1 is 1.08 bits per heavy atom. The summed E-state index contributed by atoms with van der Waals surface area (Å²) in [5, 5.41) is 8.91. The number of hydrogen-bond acceptors (Lipinski definition) is 4. The van der Waals surface area contributed by atoms with E-state index in [-0.39, 0.29) is 5.69 Å². The van der Waals surface area contributed by atoms with Gasteiger partial charge in [-0.2, -0.15) is 16.4 Å². The second-order valence-electron chi connectivity index (χ2n) is 6.64. The van der Waals surface area contributed by atoms with Gasteiger partial charge in [0.2, 0.25) is 0 Å². The number of aromatic amines is 1. The lowest BCUT2D eigenvalue weighted by Crippen LogP contribution is -2.32. The van der Waals surface area contributed by atoms with Crippen LogP contribution in [0, 0.1) is 0 Å². The van der Waals surface area contributed by atoms with Gasteiger partial charge in [-0.1, -0.05) is 30.3 Å². The highest BCUT2D eigenvalue weighted by molar-refractivity contribution is 7.07. The zero-order valence-corrected chi connectivity index (χ0v) is 14.9. The van der Waals surface area contributed by atoms with Gasteiger partial charge in [-0.3, -0.25) is 9.88 Å². The zero-order valence-electron chi connectivity index (χ0n) is 14.1. The lowest BCUT2D eigenvalue weighted by atomic mass is 9.96. The predicted molar refractivity (Wildman–Crippen MR) is 100.0 cm³/mol. The van der Waals surface area contributed by atoms with Crippen molar-refractivity contribution in [3.63, 3.8) is 0 Å². The molecule has 1 fully saturated rings. The molecule has 0 bridgehead atoms. The Kier molecular flexibility index (Phi) is 4.81. The number of hydrogen-bond donors (Lipinski definition) is 1. The van der Waals surface area contributed by atoms with Crippen molar-refractivity contribution >= 4 is 11.3 Å². The normalized spacial score (nSPS) is 16.3. The average molecular weight is 354 g/mol. The van der Waals surface area contributed by atoms with Gasteiger partial charge in [-0.25, -0.2) is 9.48 Å². The van der Waals surface area contributed by atoms with Crippen molar-refractivity contribution < 1.29 is 0 Å². The first kappa shape index (κ1) is 16.3. The molecule has 1 N–H and O–H groups in total. The topological polar surface area (TPSA) is 53.9 Å². The first-order valence-electron chi connectivity index (χ1n) is 8.72. The van der Waals surface area contributed by atoms with E-state index in [1.807, 2.05) is 30.3 Å². The van der Waals surface area contributed by atoms with Crippen LogP contribution in [0.2, 0.25) is 0 Å². The van der Waals surface area contributed by atoms with Crippen LogP contribution in [-0.2, 0) is 13.1 Å². The standard InChI is InChI=1S/C19H22N4OS/c24-19-20-18(21-23(19)13-15-4-2-1-3-5-15)17-6-9-22(10-7-17)12-16-8-11-25-14-16/h1-5,8,11,14,17H,6-7,9-10,12-13H2,(H,20,21,24). The molecule has 5 nitrogen and oxygen atoms in total. The molecule has 0 saturated carbocycles. The fourth-order valence-electron chi connectivity index (χ4n) is 3.43. The average Bonchev–Trinajstić information content (AvgIpc) is 3.27. The molecule has 3 heterocycles. The molecule has 1 aromatic carbocycles. The fourth-order valence-corrected chi connectivity index (χ4v) is 4.09.